The minimum Gasteiger partial charge on any atom is -0.311 e. The zero-order valence-corrected chi connectivity index (χ0v) is 12.5. The summed E-state index contributed by atoms with van der Waals surface area (Å²) < 4.78 is 0. The highest BCUT2D eigenvalue weighted by molar-refractivity contribution is 4.84. The van der Waals surface area contributed by atoms with Crippen molar-refractivity contribution in [1.82, 2.24) is 10.2 Å². The smallest absolute Gasteiger partial charge is 0.0198 e. The first-order chi connectivity index (χ1) is 8.08. The number of piperazine rings is 1. The highest BCUT2D eigenvalue weighted by Gasteiger charge is 2.26. The van der Waals surface area contributed by atoms with Gasteiger partial charge < -0.3 is 5.32 Å². The summed E-state index contributed by atoms with van der Waals surface area (Å²) in [6.07, 6.45) is 3.94. The lowest BCUT2D eigenvalue weighted by Gasteiger charge is -2.41. The minimum atomic E-state index is 0.709. The molecule has 1 saturated heterocycles. The molecule has 1 aliphatic heterocycles. The zero-order chi connectivity index (χ0) is 12.8. The minimum absolute atomic E-state index is 0.709. The Morgan fingerprint density at radius 2 is 1.82 bits per heavy atom. The standard InChI is InChI=1S/C15H32N2/c1-6-14(7-2)13(5)17-9-8-16-15(11-17)10-12(3)4/h12-16H,6-11H2,1-5H3. The van der Waals surface area contributed by atoms with Gasteiger partial charge in [0.25, 0.3) is 0 Å². The van der Waals surface area contributed by atoms with E-state index in [1.54, 1.807) is 0 Å². The Morgan fingerprint density at radius 1 is 1.18 bits per heavy atom. The zero-order valence-electron chi connectivity index (χ0n) is 12.5. The number of hydrogen-bond donors (Lipinski definition) is 1. The second kappa shape index (κ2) is 7.38. The molecule has 17 heavy (non-hydrogen) atoms. The number of hydrogen-bond acceptors (Lipinski definition) is 2. The predicted octanol–water partition coefficient (Wildman–Crippen LogP) is 3.13. The van der Waals surface area contributed by atoms with Crippen molar-refractivity contribution in [3.63, 3.8) is 0 Å². The van der Waals surface area contributed by atoms with Gasteiger partial charge in [0.05, 0.1) is 0 Å². The van der Waals surface area contributed by atoms with Crippen LogP contribution in [0, 0.1) is 11.8 Å². The summed E-state index contributed by atoms with van der Waals surface area (Å²) >= 11 is 0. The predicted molar refractivity (Wildman–Crippen MR) is 76.4 cm³/mol. The van der Waals surface area contributed by atoms with Gasteiger partial charge in [-0.25, -0.2) is 0 Å². The van der Waals surface area contributed by atoms with Gasteiger partial charge in [-0.1, -0.05) is 40.5 Å². The van der Waals surface area contributed by atoms with Crippen LogP contribution in [0.4, 0.5) is 0 Å². The molecule has 0 bridgehead atoms. The van der Waals surface area contributed by atoms with Crippen molar-refractivity contribution in [3.8, 4) is 0 Å². The molecule has 1 N–H and O–H groups in total. The van der Waals surface area contributed by atoms with Crippen LogP contribution in [0.15, 0.2) is 0 Å². The van der Waals surface area contributed by atoms with E-state index in [9.17, 15) is 0 Å². The maximum atomic E-state index is 3.67. The lowest BCUT2D eigenvalue weighted by molar-refractivity contribution is 0.103. The largest absolute Gasteiger partial charge is 0.311 e. The molecule has 2 nitrogen and oxygen atoms in total. The Bertz CT molecular complexity index is 199. The second-order valence-corrected chi connectivity index (χ2v) is 6.09. The van der Waals surface area contributed by atoms with Gasteiger partial charge in [0, 0.05) is 31.7 Å². The average molecular weight is 240 g/mol. The molecule has 0 aromatic carbocycles. The van der Waals surface area contributed by atoms with Gasteiger partial charge in [-0.2, -0.15) is 0 Å². The second-order valence-electron chi connectivity index (χ2n) is 6.09. The third-order valence-corrected chi connectivity index (χ3v) is 4.35. The molecule has 0 radical (unpaired) electrons. The Balaban J connectivity index is 2.47. The highest BCUT2D eigenvalue weighted by Crippen LogP contribution is 2.20. The Kier molecular flexibility index (Phi) is 6.50. The molecule has 1 fully saturated rings. The molecule has 0 aromatic heterocycles. The van der Waals surface area contributed by atoms with E-state index < -0.39 is 0 Å². The van der Waals surface area contributed by atoms with E-state index in [2.05, 4.69) is 44.8 Å². The van der Waals surface area contributed by atoms with Crippen LogP contribution in [0.25, 0.3) is 0 Å². The van der Waals surface area contributed by atoms with Gasteiger partial charge in [-0.05, 0) is 25.2 Å². The maximum Gasteiger partial charge on any atom is 0.0198 e. The molecule has 1 aliphatic rings. The maximum absolute atomic E-state index is 3.67. The quantitative estimate of drug-likeness (QED) is 0.767. The van der Waals surface area contributed by atoms with E-state index in [0.29, 0.717) is 6.04 Å². The first-order valence-electron chi connectivity index (χ1n) is 7.55. The van der Waals surface area contributed by atoms with Crippen molar-refractivity contribution < 1.29 is 0 Å². The van der Waals surface area contributed by atoms with Crippen LogP contribution < -0.4 is 5.32 Å². The van der Waals surface area contributed by atoms with Crippen LogP contribution in [-0.4, -0.2) is 36.6 Å². The van der Waals surface area contributed by atoms with Gasteiger partial charge >= 0.3 is 0 Å². The van der Waals surface area contributed by atoms with Crippen LogP contribution in [0.2, 0.25) is 0 Å². The van der Waals surface area contributed by atoms with E-state index in [1.165, 1.54) is 38.9 Å². The van der Waals surface area contributed by atoms with Crippen LogP contribution in [0.3, 0.4) is 0 Å². The van der Waals surface area contributed by atoms with Crippen LogP contribution >= 0.6 is 0 Å². The third kappa shape index (κ3) is 4.59. The summed E-state index contributed by atoms with van der Waals surface area (Å²) in [6, 6.07) is 1.46. The molecule has 0 aliphatic carbocycles. The topological polar surface area (TPSA) is 15.3 Å². The summed E-state index contributed by atoms with van der Waals surface area (Å²) in [4.78, 5) is 2.71. The summed E-state index contributed by atoms with van der Waals surface area (Å²) in [7, 11) is 0. The van der Waals surface area contributed by atoms with Gasteiger partial charge in [0.15, 0.2) is 0 Å². The highest BCUT2D eigenvalue weighted by atomic mass is 15.2. The number of nitrogens with one attached hydrogen (secondary N) is 1. The lowest BCUT2D eigenvalue weighted by atomic mass is 9.92. The van der Waals surface area contributed by atoms with Crippen molar-refractivity contribution >= 4 is 0 Å². The van der Waals surface area contributed by atoms with Crippen molar-refractivity contribution in [3.05, 3.63) is 0 Å². The molecule has 1 rings (SSSR count). The van der Waals surface area contributed by atoms with E-state index in [-0.39, 0.29) is 0 Å². The number of nitrogens with zero attached hydrogens (tertiary/aromatic N) is 1. The normalized spacial score (nSPS) is 24.5. The van der Waals surface area contributed by atoms with Crippen molar-refractivity contribution in [2.24, 2.45) is 11.8 Å². The molecular formula is C15H32N2. The fourth-order valence-electron chi connectivity index (χ4n) is 3.22. The first-order valence-corrected chi connectivity index (χ1v) is 7.55. The van der Waals surface area contributed by atoms with Gasteiger partial charge in [0.2, 0.25) is 0 Å². The van der Waals surface area contributed by atoms with Crippen LogP contribution in [0.5, 0.6) is 0 Å². The fourth-order valence-corrected chi connectivity index (χ4v) is 3.22. The third-order valence-electron chi connectivity index (χ3n) is 4.35. The summed E-state index contributed by atoms with van der Waals surface area (Å²) in [6.45, 7) is 15.4. The van der Waals surface area contributed by atoms with Crippen molar-refractivity contribution in [2.75, 3.05) is 19.6 Å². The first kappa shape index (κ1) is 15.0. The molecule has 0 aromatic rings. The molecule has 0 amide bonds. The van der Waals surface area contributed by atoms with E-state index in [1.807, 2.05) is 0 Å². The summed E-state index contributed by atoms with van der Waals surface area (Å²) in [5, 5.41) is 3.67. The summed E-state index contributed by atoms with van der Waals surface area (Å²) in [5.74, 6) is 1.67. The van der Waals surface area contributed by atoms with Crippen LogP contribution in [-0.2, 0) is 0 Å². The Hall–Kier alpha value is -0.0800. The lowest BCUT2D eigenvalue weighted by Crippen LogP contribution is -2.55. The van der Waals surface area contributed by atoms with E-state index in [4.69, 9.17) is 0 Å². The van der Waals surface area contributed by atoms with Crippen molar-refractivity contribution in [2.45, 2.75) is 66.0 Å². The molecular weight excluding hydrogens is 208 g/mol. The molecule has 2 heteroatoms. The SMILES string of the molecule is CCC(CC)C(C)N1CCNC(CC(C)C)C1. The Morgan fingerprint density at radius 3 is 2.35 bits per heavy atom. The monoisotopic (exact) mass is 240 g/mol. The molecule has 0 saturated carbocycles. The fraction of sp³-hybridized carbons (Fsp3) is 1.00. The van der Waals surface area contributed by atoms with Gasteiger partial charge in [-0.3, -0.25) is 4.90 Å². The number of rotatable bonds is 6. The van der Waals surface area contributed by atoms with Gasteiger partial charge in [-0.15, -0.1) is 0 Å². The molecule has 1 heterocycles. The molecule has 102 valence electrons. The molecule has 2 atom stereocenters. The van der Waals surface area contributed by atoms with Gasteiger partial charge in [0.1, 0.15) is 0 Å². The van der Waals surface area contributed by atoms with Crippen LogP contribution in [0.1, 0.15) is 53.9 Å². The summed E-state index contributed by atoms with van der Waals surface area (Å²) in [5.41, 5.74) is 0. The molecule has 0 spiro atoms. The van der Waals surface area contributed by atoms with Crippen molar-refractivity contribution in [1.29, 1.82) is 0 Å². The Labute approximate surface area is 108 Å². The molecule has 2 unspecified atom stereocenters. The average Bonchev–Trinajstić information content (AvgIpc) is 2.30. The van der Waals surface area contributed by atoms with E-state index in [0.717, 1.165) is 17.9 Å². The van der Waals surface area contributed by atoms with E-state index >= 15 is 0 Å².